The van der Waals surface area contributed by atoms with E-state index in [0.29, 0.717) is 19.7 Å². The minimum absolute atomic E-state index is 0.0231. The molecule has 0 fully saturated rings. The average molecular weight is 437 g/mol. The number of hydrogen-bond donors (Lipinski definition) is 1. The molecular formula is C21H25ClN2O4S. The van der Waals surface area contributed by atoms with Gasteiger partial charge >= 0.3 is 0 Å². The van der Waals surface area contributed by atoms with Crippen molar-refractivity contribution in [3.05, 3.63) is 58.1 Å². The van der Waals surface area contributed by atoms with E-state index in [1.54, 1.807) is 18.7 Å². The summed E-state index contributed by atoms with van der Waals surface area (Å²) in [6.45, 7) is 6.93. The Bertz CT molecular complexity index is 1020. The predicted octanol–water partition coefficient (Wildman–Crippen LogP) is 3.62. The Morgan fingerprint density at radius 3 is 2.66 bits per heavy atom. The zero-order chi connectivity index (χ0) is 21.2. The third kappa shape index (κ3) is 4.91. The second-order valence-electron chi connectivity index (χ2n) is 7.26. The summed E-state index contributed by atoms with van der Waals surface area (Å²) >= 11 is 6.25. The molecule has 0 saturated carbocycles. The molecule has 3 rings (SSSR count). The number of halogens is 1. The summed E-state index contributed by atoms with van der Waals surface area (Å²) in [5, 5.41) is 0.229. The molecule has 0 aromatic heterocycles. The van der Waals surface area contributed by atoms with Crippen LogP contribution >= 0.6 is 11.6 Å². The van der Waals surface area contributed by atoms with E-state index < -0.39 is 10.0 Å². The molecule has 0 spiro atoms. The van der Waals surface area contributed by atoms with Gasteiger partial charge in [0.2, 0.25) is 10.0 Å². The van der Waals surface area contributed by atoms with Gasteiger partial charge < -0.3 is 9.64 Å². The molecule has 1 N–H and O–H groups in total. The molecule has 0 unspecified atom stereocenters. The minimum Gasteiger partial charge on any atom is -0.494 e. The Labute approximate surface area is 176 Å². The van der Waals surface area contributed by atoms with E-state index in [9.17, 15) is 13.2 Å². The van der Waals surface area contributed by atoms with Crippen LogP contribution in [0.15, 0.2) is 41.3 Å². The monoisotopic (exact) mass is 436 g/mol. The molecule has 1 aliphatic rings. The molecule has 0 bridgehead atoms. The van der Waals surface area contributed by atoms with Crippen molar-refractivity contribution in [1.29, 1.82) is 0 Å². The van der Waals surface area contributed by atoms with Crippen molar-refractivity contribution >= 4 is 27.5 Å². The highest BCUT2D eigenvalue weighted by atomic mass is 35.5. The molecule has 1 heterocycles. The van der Waals surface area contributed by atoms with Crippen molar-refractivity contribution in [2.75, 3.05) is 13.2 Å². The molecule has 0 radical (unpaired) electrons. The summed E-state index contributed by atoms with van der Waals surface area (Å²) in [7, 11) is -3.72. The van der Waals surface area contributed by atoms with Gasteiger partial charge in [0.1, 0.15) is 5.75 Å². The molecule has 6 nitrogen and oxygen atoms in total. The van der Waals surface area contributed by atoms with Crippen molar-refractivity contribution in [2.24, 2.45) is 0 Å². The average Bonchev–Trinajstić information content (AvgIpc) is 2.66. The fraction of sp³-hybridized carbons (Fsp3) is 0.381. The standard InChI is InChI=1S/C21H25ClN2O4S/c1-4-28-17-6-5-15-9-10-24(13-16(15)11-17)21(25)19-12-18(7-8-20(19)22)29(26,27)23-14(2)3/h5-8,11-12,14,23H,4,9-10,13H2,1-3H3. The number of carbonyl (C=O) groups excluding carboxylic acids is 1. The van der Waals surface area contributed by atoms with E-state index in [4.69, 9.17) is 16.3 Å². The first kappa shape index (κ1) is 21.6. The van der Waals surface area contributed by atoms with Crippen molar-refractivity contribution in [3.8, 4) is 5.75 Å². The normalized spacial score (nSPS) is 14.0. The van der Waals surface area contributed by atoms with Gasteiger partial charge in [-0.15, -0.1) is 0 Å². The molecule has 1 amide bonds. The maximum absolute atomic E-state index is 13.1. The fourth-order valence-corrected chi connectivity index (χ4v) is 4.82. The largest absolute Gasteiger partial charge is 0.494 e. The number of nitrogens with one attached hydrogen (secondary N) is 1. The van der Waals surface area contributed by atoms with Crippen molar-refractivity contribution < 1.29 is 17.9 Å². The molecule has 2 aromatic carbocycles. The first-order valence-electron chi connectivity index (χ1n) is 9.57. The molecule has 0 atom stereocenters. The highest BCUT2D eigenvalue weighted by Gasteiger charge is 2.26. The lowest BCUT2D eigenvalue weighted by Gasteiger charge is -2.29. The lowest BCUT2D eigenvalue weighted by atomic mass is 9.99. The Balaban J connectivity index is 1.87. The van der Waals surface area contributed by atoms with Crippen LogP contribution in [0.5, 0.6) is 5.75 Å². The number of fused-ring (bicyclic) bond motifs is 1. The van der Waals surface area contributed by atoms with Crippen LogP contribution in [0.1, 0.15) is 42.3 Å². The predicted molar refractivity (Wildman–Crippen MR) is 113 cm³/mol. The van der Waals surface area contributed by atoms with E-state index in [1.165, 1.54) is 23.8 Å². The molecule has 29 heavy (non-hydrogen) atoms. The topological polar surface area (TPSA) is 75.7 Å². The molecule has 156 valence electrons. The zero-order valence-electron chi connectivity index (χ0n) is 16.7. The van der Waals surface area contributed by atoms with Crippen LogP contribution in [0.2, 0.25) is 5.02 Å². The van der Waals surface area contributed by atoms with Gasteiger partial charge in [-0.05, 0) is 68.7 Å². The first-order valence-corrected chi connectivity index (χ1v) is 11.4. The second-order valence-corrected chi connectivity index (χ2v) is 9.38. The number of nitrogens with zero attached hydrogens (tertiary/aromatic N) is 1. The van der Waals surface area contributed by atoms with Gasteiger partial charge in [0, 0.05) is 19.1 Å². The number of rotatable bonds is 6. The van der Waals surface area contributed by atoms with Crippen LogP contribution in [0.3, 0.4) is 0 Å². The molecule has 8 heteroatoms. The number of ether oxygens (including phenoxy) is 1. The van der Waals surface area contributed by atoms with E-state index in [1.807, 2.05) is 25.1 Å². The number of benzene rings is 2. The first-order chi connectivity index (χ1) is 13.7. The Morgan fingerprint density at radius 2 is 1.97 bits per heavy atom. The molecule has 1 aliphatic heterocycles. The number of carbonyl (C=O) groups is 1. The minimum atomic E-state index is -3.72. The summed E-state index contributed by atoms with van der Waals surface area (Å²) in [5.74, 6) is 0.482. The van der Waals surface area contributed by atoms with Gasteiger partial charge in [-0.25, -0.2) is 13.1 Å². The fourth-order valence-electron chi connectivity index (χ4n) is 3.35. The highest BCUT2D eigenvalue weighted by molar-refractivity contribution is 7.89. The van der Waals surface area contributed by atoms with Gasteiger partial charge in [-0.2, -0.15) is 0 Å². The van der Waals surface area contributed by atoms with Gasteiger partial charge in [0.25, 0.3) is 5.91 Å². The van der Waals surface area contributed by atoms with E-state index >= 15 is 0 Å². The van der Waals surface area contributed by atoms with Crippen LogP contribution in [0, 0.1) is 0 Å². The van der Waals surface area contributed by atoms with Gasteiger partial charge in [-0.1, -0.05) is 17.7 Å². The third-order valence-electron chi connectivity index (χ3n) is 4.66. The maximum Gasteiger partial charge on any atom is 0.255 e. The van der Waals surface area contributed by atoms with E-state index in [-0.39, 0.29) is 27.4 Å². The maximum atomic E-state index is 13.1. The number of amides is 1. The van der Waals surface area contributed by atoms with E-state index in [0.717, 1.165) is 17.7 Å². The van der Waals surface area contributed by atoms with Crippen LogP contribution in [0.25, 0.3) is 0 Å². The summed E-state index contributed by atoms with van der Waals surface area (Å²) in [6, 6.07) is 9.87. The smallest absolute Gasteiger partial charge is 0.255 e. The summed E-state index contributed by atoms with van der Waals surface area (Å²) < 4.78 is 33.0. The van der Waals surface area contributed by atoms with Gasteiger partial charge in [0.15, 0.2) is 0 Å². The SMILES string of the molecule is CCOc1ccc2c(c1)CN(C(=O)c1cc(S(=O)(=O)NC(C)C)ccc1Cl)CC2. The molecule has 0 aliphatic carbocycles. The molecule has 2 aromatic rings. The highest BCUT2D eigenvalue weighted by Crippen LogP contribution is 2.27. The summed E-state index contributed by atoms with van der Waals surface area (Å²) in [6.07, 6.45) is 0.720. The van der Waals surface area contributed by atoms with Crippen molar-refractivity contribution in [1.82, 2.24) is 9.62 Å². The number of hydrogen-bond acceptors (Lipinski definition) is 4. The lowest BCUT2D eigenvalue weighted by Crippen LogP contribution is -2.36. The van der Waals surface area contributed by atoms with Gasteiger partial charge in [-0.3, -0.25) is 4.79 Å². The molecule has 0 saturated heterocycles. The zero-order valence-corrected chi connectivity index (χ0v) is 18.3. The van der Waals surface area contributed by atoms with Crippen LogP contribution in [-0.4, -0.2) is 38.4 Å². The number of sulfonamides is 1. The second kappa shape index (κ2) is 8.73. The summed E-state index contributed by atoms with van der Waals surface area (Å²) in [5.41, 5.74) is 2.39. The Hall–Kier alpha value is -2.09. The Morgan fingerprint density at radius 1 is 1.21 bits per heavy atom. The quantitative estimate of drug-likeness (QED) is 0.750. The van der Waals surface area contributed by atoms with Crippen molar-refractivity contribution in [2.45, 2.75) is 44.7 Å². The van der Waals surface area contributed by atoms with Crippen LogP contribution < -0.4 is 9.46 Å². The van der Waals surface area contributed by atoms with Crippen LogP contribution in [-0.2, 0) is 23.0 Å². The third-order valence-corrected chi connectivity index (χ3v) is 6.64. The Kier molecular flexibility index (Phi) is 6.51. The van der Waals surface area contributed by atoms with Gasteiger partial charge in [0.05, 0.1) is 22.1 Å². The van der Waals surface area contributed by atoms with E-state index in [2.05, 4.69) is 4.72 Å². The van der Waals surface area contributed by atoms with Crippen LogP contribution in [0.4, 0.5) is 0 Å². The molecular weight excluding hydrogens is 412 g/mol. The summed E-state index contributed by atoms with van der Waals surface area (Å²) in [4.78, 5) is 14.8. The lowest BCUT2D eigenvalue weighted by molar-refractivity contribution is 0.0734. The van der Waals surface area contributed by atoms with Crippen molar-refractivity contribution in [3.63, 3.8) is 0 Å².